The lowest BCUT2D eigenvalue weighted by Crippen LogP contribution is -2.28. The van der Waals surface area contributed by atoms with E-state index in [4.69, 9.17) is 14.2 Å². The number of carbonyl (C=O) groups is 2. The fraction of sp³-hybridized carbons (Fsp3) is 0.357. The highest BCUT2D eigenvalue weighted by molar-refractivity contribution is 5.93. The molecule has 0 aliphatic carbocycles. The smallest absolute Gasteiger partial charge is 0.338 e. The maximum atomic E-state index is 13.4. The summed E-state index contributed by atoms with van der Waals surface area (Å²) < 4.78 is 16.8. The molecule has 0 saturated heterocycles. The van der Waals surface area contributed by atoms with Gasteiger partial charge in [-0.1, -0.05) is 25.1 Å². The van der Waals surface area contributed by atoms with Crippen LogP contribution in [0.4, 0.5) is 0 Å². The number of benzene rings is 2. The van der Waals surface area contributed by atoms with Crippen LogP contribution < -0.4 is 4.74 Å². The zero-order chi connectivity index (χ0) is 24.9. The van der Waals surface area contributed by atoms with Gasteiger partial charge in [-0.3, -0.25) is 4.79 Å². The monoisotopic (exact) mass is 463 g/mol. The summed E-state index contributed by atoms with van der Waals surface area (Å²) >= 11 is 0. The highest BCUT2D eigenvalue weighted by Crippen LogP contribution is 2.37. The van der Waals surface area contributed by atoms with E-state index in [0.29, 0.717) is 29.2 Å². The maximum absolute atomic E-state index is 13.4. The number of nitrogens with one attached hydrogen (secondary N) is 1. The zero-order valence-electron chi connectivity index (χ0n) is 20.7. The second-order valence-electron chi connectivity index (χ2n) is 9.21. The first-order chi connectivity index (χ1) is 16.1. The predicted molar refractivity (Wildman–Crippen MR) is 132 cm³/mol. The van der Waals surface area contributed by atoms with Gasteiger partial charge >= 0.3 is 11.9 Å². The zero-order valence-corrected chi connectivity index (χ0v) is 20.7. The number of esters is 2. The number of aromatic amines is 1. The van der Waals surface area contributed by atoms with Crippen LogP contribution in [-0.4, -0.2) is 36.2 Å². The summed E-state index contributed by atoms with van der Waals surface area (Å²) in [5.74, 6) is -0.837. The third-order valence-electron chi connectivity index (χ3n) is 5.33. The lowest BCUT2D eigenvalue weighted by atomic mass is 9.90. The van der Waals surface area contributed by atoms with Gasteiger partial charge < -0.3 is 19.2 Å². The second-order valence-corrected chi connectivity index (χ2v) is 9.21. The van der Waals surface area contributed by atoms with Crippen molar-refractivity contribution >= 4 is 11.9 Å². The summed E-state index contributed by atoms with van der Waals surface area (Å²) in [5, 5.41) is 0. The Morgan fingerprint density at radius 2 is 1.74 bits per heavy atom. The summed E-state index contributed by atoms with van der Waals surface area (Å²) in [5.41, 5.74) is 3.79. The van der Waals surface area contributed by atoms with Crippen molar-refractivity contribution in [3.05, 3.63) is 77.1 Å². The van der Waals surface area contributed by atoms with Crippen molar-refractivity contribution in [2.24, 2.45) is 0 Å². The van der Waals surface area contributed by atoms with Gasteiger partial charge in [-0.15, -0.1) is 0 Å². The molecule has 2 aromatic carbocycles. The lowest BCUT2D eigenvalue weighted by Gasteiger charge is -2.25. The minimum atomic E-state index is -0.702. The molecule has 0 aliphatic rings. The average molecular weight is 464 g/mol. The first-order valence-electron chi connectivity index (χ1n) is 11.5. The Morgan fingerprint density at radius 1 is 1.03 bits per heavy atom. The molecule has 1 atom stereocenters. The molecule has 0 bridgehead atoms. The summed E-state index contributed by atoms with van der Waals surface area (Å²) in [6, 6.07) is 15.1. The molecule has 0 saturated carbocycles. The van der Waals surface area contributed by atoms with Gasteiger partial charge in [-0.2, -0.15) is 0 Å². The number of rotatable bonds is 8. The van der Waals surface area contributed by atoms with Crippen LogP contribution in [0, 0.1) is 6.92 Å². The first kappa shape index (κ1) is 25.1. The van der Waals surface area contributed by atoms with Gasteiger partial charge in [0, 0.05) is 17.5 Å². The Balaban J connectivity index is 2.16. The molecule has 6 heteroatoms. The number of aromatic nitrogens is 1. The number of carbonyl (C=O) groups excluding carboxylic acids is 2. The van der Waals surface area contributed by atoms with Crippen molar-refractivity contribution in [3.63, 3.8) is 0 Å². The summed E-state index contributed by atoms with van der Waals surface area (Å²) in [6.07, 6.45) is 2.62. The van der Waals surface area contributed by atoms with Crippen LogP contribution in [0.3, 0.4) is 0 Å². The molecule has 1 unspecified atom stereocenters. The van der Waals surface area contributed by atoms with E-state index in [-0.39, 0.29) is 11.9 Å². The Bertz CT molecular complexity index is 1140. The molecule has 0 radical (unpaired) electrons. The van der Waals surface area contributed by atoms with Crippen LogP contribution >= 0.6 is 0 Å². The van der Waals surface area contributed by atoms with E-state index in [0.717, 1.165) is 23.1 Å². The van der Waals surface area contributed by atoms with Crippen molar-refractivity contribution in [1.29, 1.82) is 0 Å². The summed E-state index contributed by atoms with van der Waals surface area (Å²) in [7, 11) is 1.37. The molecule has 1 aromatic heterocycles. The Hall–Kier alpha value is -3.54. The molecule has 0 amide bonds. The minimum Gasteiger partial charge on any atom is -0.493 e. The normalized spacial score (nSPS) is 12.2. The van der Waals surface area contributed by atoms with Crippen LogP contribution in [0.2, 0.25) is 0 Å². The van der Waals surface area contributed by atoms with E-state index in [2.05, 4.69) is 4.98 Å². The fourth-order valence-corrected chi connectivity index (χ4v) is 3.73. The Morgan fingerprint density at radius 3 is 2.35 bits per heavy atom. The van der Waals surface area contributed by atoms with E-state index in [1.165, 1.54) is 7.11 Å². The second kappa shape index (κ2) is 10.6. The topological polar surface area (TPSA) is 77.6 Å². The minimum absolute atomic E-state index is 0.368. The van der Waals surface area contributed by atoms with E-state index >= 15 is 0 Å². The van der Waals surface area contributed by atoms with Crippen molar-refractivity contribution < 1.29 is 23.8 Å². The molecule has 0 spiro atoms. The number of ether oxygens (including phenoxy) is 3. The number of hydrogen-bond acceptors (Lipinski definition) is 5. The molecule has 34 heavy (non-hydrogen) atoms. The van der Waals surface area contributed by atoms with Crippen LogP contribution in [0.15, 0.2) is 54.7 Å². The van der Waals surface area contributed by atoms with Crippen molar-refractivity contribution in [3.8, 4) is 16.9 Å². The van der Waals surface area contributed by atoms with Crippen molar-refractivity contribution in [1.82, 2.24) is 4.98 Å². The lowest BCUT2D eigenvalue weighted by molar-refractivity contribution is -0.155. The van der Waals surface area contributed by atoms with Crippen LogP contribution in [0.1, 0.15) is 67.2 Å². The molecule has 6 nitrogen and oxygen atoms in total. The van der Waals surface area contributed by atoms with Gasteiger partial charge in [0.1, 0.15) is 17.3 Å². The van der Waals surface area contributed by atoms with E-state index in [9.17, 15) is 9.59 Å². The Kier molecular flexibility index (Phi) is 7.82. The van der Waals surface area contributed by atoms with Gasteiger partial charge in [0.2, 0.25) is 0 Å². The van der Waals surface area contributed by atoms with Crippen molar-refractivity contribution in [2.75, 3.05) is 13.7 Å². The van der Waals surface area contributed by atoms with Gasteiger partial charge in [0.25, 0.3) is 0 Å². The highest BCUT2D eigenvalue weighted by Gasteiger charge is 2.31. The molecule has 180 valence electrons. The molecule has 0 fully saturated rings. The molecule has 0 aliphatic heterocycles. The highest BCUT2D eigenvalue weighted by atomic mass is 16.6. The largest absolute Gasteiger partial charge is 0.493 e. The predicted octanol–water partition coefficient (Wildman–Crippen LogP) is 6.04. The average Bonchev–Trinajstić information content (AvgIpc) is 3.31. The van der Waals surface area contributed by atoms with E-state index in [1.54, 1.807) is 6.20 Å². The van der Waals surface area contributed by atoms with Crippen LogP contribution in [0.25, 0.3) is 11.1 Å². The molecule has 1 heterocycles. The number of methoxy groups -OCH3 is 1. The fourth-order valence-electron chi connectivity index (χ4n) is 3.73. The van der Waals surface area contributed by atoms with Gasteiger partial charge in [-0.05, 0) is 81.1 Å². The third-order valence-corrected chi connectivity index (χ3v) is 5.33. The summed E-state index contributed by atoms with van der Waals surface area (Å²) in [6.45, 7) is 9.97. The van der Waals surface area contributed by atoms with E-state index < -0.39 is 11.5 Å². The van der Waals surface area contributed by atoms with Crippen LogP contribution in [-0.2, 0) is 14.3 Å². The van der Waals surface area contributed by atoms with Gasteiger partial charge in [-0.25, -0.2) is 4.79 Å². The number of H-pyrrole nitrogens is 1. The molecular formula is C28H33NO5. The van der Waals surface area contributed by atoms with Gasteiger partial charge in [0.05, 0.1) is 19.3 Å². The molecular weight excluding hydrogens is 430 g/mol. The summed E-state index contributed by atoms with van der Waals surface area (Å²) in [4.78, 5) is 28.8. The van der Waals surface area contributed by atoms with E-state index in [1.807, 2.05) is 83.1 Å². The van der Waals surface area contributed by atoms with Crippen LogP contribution in [0.5, 0.6) is 5.75 Å². The molecule has 3 aromatic rings. The third kappa shape index (κ3) is 5.87. The Labute approximate surface area is 201 Å². The SMILES string of the molecule is CCCOc1ccc(-c2ccc(C)c(C(=O)OC)c2)cc1C(C(=O)OC(C)(C)C)c1ccc[nH]1. The standard InChI is InChI=1S/C28H33NO5/c1-7-15-33-24-13-12-20(19-11-10-18(2)21(16-19)26(30)32-6)17-22(24)25(23-9-8-14-29-23)27(31)34-28(3,4)5/h8-14,16-17,25,29H,7,15H2,1-6H3. The maximum Gasteiger partial charge on any atom is 0.338 e. The molecule has 3 rings (SSSR count). The molecule has 1 N–H and O–H groups in total. The number of hydrogen-bond donors (Lipinski definition) is 1. The number of aryl methyl sites for hydroxylation is 1. The van der Waals surface area contributed by atoms with Crippen molar-refractivity contribution in [2.45, 2.75) is 52.6 Å². The van der Waals surface area contributed by atoms with Gasteiger partial charge in [0.15, 0.2) is 0 Å². The first-order valence-corrected chi connectivity index (χ1v) is 11.5. The quantitative estimate of drug-likeness (QED) is 0.412.